The summed E-state index contributed by atoms with van der Waals surface area (Å²) >= 11 is 0. The first kappa shape index (κ1) is 24.8. The summed E-state index contributed by atoms with van der Waals surface area (Å²) in [6, 6.07) is 18.5. The maximum Gasteiger partial charge on any atom is 0.309 e. The number of benzene rings is 2. The van der Waals surface area contributed by atoms with Crippen LogP contribution in [0.25, 0.3) is 6.08 Å². The van der Waals surface area contributed by atoms with Crippen LogP contribution in [-0.2, 0) is 18.0 Å². The molecule has 1 amide bonds. The van der Waals surface area contributed by atoms with E-state index in [2.05, 4.69) is 39.5 Å². The molecular weight excluding hydrogens is 464 g/mol. The molecular formula is C30H34N4O3. The van der Waals surface area contributed by atoms with E-state index in [1.165, 1.54) is 5.56 Å². The van der Waals surface area contributed by atoms with E-state index >= 15 is 0 Å². The first-order valence-corrected chi connectivity index (χ1v) is 13.0. The smallest absolute Gasteiger partial charge is 0.309 e. The Morgan fingerprint density at radius 2 is 1.73 bits per heavy atom. The minimum Gasteiger partial charge on any atom is -0.481 e. The summed E-state index contributed by atoms with van der Waals surface area (Å²) in [5.41, 5.74) is 3.19. The van der Waals surface area contributed by atoms with Crippen LogP contribution in [0.3, 0.4) is 0 Å². The van der Waals surface area contributed by atoms with Crippen molar-refractivity contribution < 1.29 is 14.7 Å². The molecule has 0 spiro atoms. The summed E-state index contributed by atoms with van der Waals surface area (Å²) in [6.45, 7) is 4.76. The van der Waals surface area contributed by atoms with E-state index in [1.807, 2.05) is 61.0 Å². The zero-order valence-corrected chi connectivity index (χ0v) is 21.4. The molecule has 0 saturated heterocycles. The van der Waals surface area contributed by atoms with Crippen molar-refractivity contribution in [1.82, 2.24) is 14.9 Å². The van der Waals surface area contributed by atoms with Crippen LogP contribution < -0.4 is 10.2 Å². The number of carbonyl (C=O) groups excluding carboxylic acids is 1. The Morgan fingerprint density at radius 1 is 1.03 bits per heavy atom. The molecule has 1 aromatic heterocycles. The minimum atomic E-state index is -0.698. The molecule has 0 radical (unpaired) electrons. The SMILES string of the molecule is CC(C)(C(=O)O)C1CCC(c2ccc(N3C=Cc4nc(C(=O)NCc5ccccc5)cn4C3)cc2)CC1. The Hall–Kier alpha value is -3.87. The number of aliphatic carboxylic acids is 1. The molecule has 7 heteroatoms. The van der Waals surface area contributed by atoms with Gasteiger partial charge in [-0.3, -0.25) is 9.59 Å². The van der Waals surface area contributed by atoms with Crippen LogP contribution in [0.5, 0.6) is 0 Å². The fraction of sp³-hybridized carbons (Fsp3) is 0.367. The van der Waals surface area contributed by atoms with Gasteiger partial charge in [0.05, 0.1) is 5.41 Å². The molecule has 2 aliphatic rings. The van der Waals surface area contributed by atoms with Crippen molar-refractivity contribution in [2.45, 2.75) is 58.7 Å². The molecule has 3 aromatic rings. The molecule has 0 bridgehead atoms. The summed E-state index contributed by atoms with van der Waals surface area (Å²) in [5, 5.41) is 12.5. The molecule has 7 nitrogen and oxygen atoms in total. The number of rotatable bonds is 7. The van der Waals surface area contributed by atoms with Crippen LogP contribution in [0.2, 0.25) is 0 Å². The van der Waals surface area contributed by atoms with Crippen LogP contribution in [0, 0.1) is 11.3 Å². The fourth-order valence-corrected chi connectivity index (χ4v) is 5.45. The molecule has 0 unspecified atom stereocenters. The monoisotopic (exact) mass is 498 g/mol. The highest BCUT2D eigenvalue weighted by Gasteiger charge is 2.39. The first-order chi connectivity index (χ1) is 17.8. The van der Waals surface area contributed by atoms with E-state index in [0.29, 0.717) is 24.8 Å². The zero-order chi connectivity index (χ0) is 26.0. The largest absolute Gasteiger partial charge is 0.481 e. The maximum absolute atomic E-state index is 12.6. The van der Waals surface area contributed by atoms with Crippen molar-refractivity contribution in [1.29, 1.82) is 0 Å². The quantitative estimate of drug-likeness (QED) is 0.440. The maximum atomic E-state index is 12.6. The fourth-order valence-electron chi connectivity index (χ4n) is 5.45. The highest BCUT2D eigenvalue weighted by molar-refractivity contribution is 5.92. The Kier molecular flexibility index (Phi) is 6.87. The molecule has 1 fully saturated rings. The molecule has 1 aliphatic carbocycles. The van der Waals surface area contributed by atoms with Gasteiger partial charge in [-0.25, -0.2) is 4.98 Å². The average Bonchev–Trinajstić information content (AvgIpc) is 3.36. The Labute approximate surface area is 217 Å². The third-order valence-corrected chi connectivity index (χ3v) is 8.04. The molecule has 37 heavy (non-hydrogen) atoms. The molecule has 1 aliphatic heterocycles. The summed E-state index contributed by atoms with van der Waals surface area (Å²) in [7, 11) is 0. The molecule has 5 rings (SSSR count). The van der Waals surface area contributed by atoms with Gasteiger partial charge in [-0.15, -0.1) is 0 Å². The van der Waals surface area contributed by atoms with Crippen molar-refractivity contribution in [3.63, 3.8) is 0 Å². The van der Waals surface area contributed by atoms with Crippen molar-refractivity contribution in [2.24, 2.45) is 11.3 Å². The lowest BCUT2D eigenvalue weighted by atomic mass is 9.68. The minimum absolute atomic E-state index is 0.184. The highest BCUT2D eigenvalue weighted by Crippen LogP contribution is 2.43. The topological polar surface area (TPSA) is 87.5 Å². The number of amides is 1. The van der Waals surface area contributed by atoms with Gasteiger partial charge in [-0.05, 0) is 80.7 Å². The number of carbonyl (C=O) groups is 2. The number of imidazole rings is 1. The van der Waals surface area contributed by atoms with Crippen molar-refractivity contribution in [2.75, 3.05) is 4.90 Å². The van der Waals surface area contributed by atoms with Gasteiger partial charge < -0.3 is 19.9 Å². The van der Waals surface area contributed by atoms with Gasteiger partial charge in [0.25, 0.3) is 5.91 Å². The number of anilines is 1. The lowest BCUT2D eigenvalue weighted by molar-refractivity contribution is -0.150. The second-order valence-electron chi connectivity index (χ2n) is 10.7. The predicted octanol–water partition coefficient (Wildman–Crippen LogP) is 5.65. The molecule has 0 atom stereocenters. The van der Waals surface area contributed by atoms with Crippen molar-refractivity contribution in [3.05, 3.63) is 89.6 Å². The second kappa shape index (κ2) is 10.2. The second-order valence-corrected chi connectivity index (χ2v) is 10.7. The number of hydrogen-bond donors (Lipinski definition) is 2. The molecule has 1 saturated carbocycles. The van der Waals surface area contributed by atoms with Crippen LogP contribution in [0.4, 0.5) is 5.69 Å². The number of carboxylic acids is 1. The third-order valence-electron chi connectivity index (χ3n) is 8.04. The standard InChI is InChI=1S/C30H34N4O3/c1-30(2,29(36)37)24-12-8-22(9-13-24)23-10-14-25(15-11-23)33-17-16-27-32-26(19-34(27)20-33)28(35)31-18-21-6-4-3-5-7-21/h3-7,10-11,14-17,19,22,24H,8-9,12-13,18,20H2,1-2H3,(H,31,35)(H,36,37). The van der Waals surface area contributed by atoms with Crippen LogP contribution in [0.1, 0.15) is 72.9 Å². The summed E-state index contributed by atoms with van der Waals surface area (Å²) in [5.74, 6) is 0.587. The number of nitrogens with zero attached hydrogens (tertiary/aromatic N) is 3. The van der Waals surface area contributed by atoms with Gasteiger partial charge >= 0.3 is 5.97 Å². The van der Waals surface area contributed by atoms with E-state index in [-0.39, 0.29) is 11.8 Å². The van der Waals surface area contributed by atoms with Gasteiger partial charge in [0.15, 0.2) is 0 Å². The first-order valence-electron chi connectivity index (χ1n) is 13.0. The van der Waals surface area contributed by atoms with Gasteiger partial charge in [-0.1, -0.05) is 42.5 Å². The zero-order valence-electron chi connectivity index (χ0n) is 21.4. The van der Waals surface area contributed by atoms with Crippen molar-refractivity contribution >= 4 is 23.6 Å². The van der Waals surface area contributed by atoms with Crippen LogP contribution >= 0.6 is 0 Å². The number of fused-ring (bicyclic) bond motifs is 1. The number of hydrogen-bond acceptors (Lipinski definition) is 4. The van der Waals surface area contributed by atoms with Crippen LogP contribution in [0.15, 0.2) is 67.0 Å². The van der Waals surface area contributed by atoms with Gasteiger partial charge in [0.2, 0.25) is 0 Å². The molecule has 2 N–H and O–H groups in total. The van der Waals surface area contributed by atoms with Gasteiger partial charge in [0, 0.05) is 24.6 Å². The Balaban J connectivity index is 1.18. The predicted molar refractivity (Wildman–Crippen MR) is 144 cm³/mol. The molecule has 192 valence electrons. The van der Waals surface area contributed by atoms with E-state index < -0.39 is 11.4 Å². The molecule has 2 heterocycles. The number of carboxylic acid groups (broad SMARTS) is 1. The third kappa shape index (κ3) is 5.31. The Morgan fingerprint density at radius 3 is 2.41 bits per heavy atom. The van der Waals surface area contributed by atoms with Gasteiger partial charge in [-0.2, -0.15) is 0 Å². The van der Waals surface area contributed by atoms with E-state index in [9.17, 15) is 14.7 Å². The van der Waals surface area contributed by atoms with E-state index in [1.54, 1.807) is 6.20 Å². The Bertz CT molecular complexity index is 1290. The summed E-state index contributed by atoms with van der Waals surface area (Å²) in [4.78, 5) is 30.9. The van der Waals surface area contributed by atoms with Gasteiger partial charge in [0.1, 0.15) is 18.2 Å². The number of nitrogens with one attached hydrogen (secondary N) is 1. The van der Waals surface area contributed by atoms with E-state index in [4.69, 9.17) is 0 Å². The summed E-state index contributed by atoms with van der Waals surface area (Å²) < 4.78 is 1.98. The average molecular weight is 499 g/mol. The van der Waals surface area contributed by atoms with Crippen molar-refractivity contribution in [3.8, 4) is 0 Å². The lowest BCUT2D eigenvalue weighted by Crippen LogP contribution is -2.35. The normalized spacial score (nSPS) is 19.4. The van der Waals surface area contributed by atoms with Crippen LogP contribution in [-0.4, -0.2) is 26.5 Å². The van der Waals surface area contributed by atoms with E-state index in [0.717, 1.165) is 42.8 Å². The summed E-state index contributed by atoms with van der Waals surface area (Å²) in [6.07, 6.45) is 9.68. The number of aromatic nitrogens is 2. The highest BCUT2D eigenvalue weighted by atomic mass is 16.4. The molecule has 2 aromatic carbocycles. The lowest BCUT2D eigenvalue weighted by Gasteiger charge is -2.36.